The average molecular weight is 426 g/mol. The van der Waals surface area contributed by atoms with E-state index in [1.807, 2.05) is 12.1 Å². The molecule has 0 spiro atoms. The quantitative estimate of drug-likeness (QED) is 0.616. The van der Waals surface area contributed by atoms with Crippen molar-refractivity contribution in [3.05, 3.63) is 78.0 Å². The van der Waals surface area contributed by atoms with E-state index >= 15 is 0 Å². The van der Waals surface area contributed by atoms with Gasteiger partial charge >= 0.3 is 6.18 Å². The Labute approximate surface area is 178 Å². The summed E-state index contributed by atoms with van der Waals surface area (Å²) in [5, 5.41) is 0. The fourth-order valence-electron chi connectivity index (χ4n) is 3.91. The third kappa shape index (κ3) is 4.90. The van der Waals surface area contributed by atoms with Crippen molar-refractivity contribution in [2.75, 3.05) is 13.1 Å². The number of pyridine rings is 1. The highest BCUT2D eigenvalue weighted by Crippen LogP contribution is 2.35. The fourth-order valence-corrected chi connectivity index (χ4v) is 3.91. The maximum atomic E-state index is 13.2. The first kappa shape index (κ1) is 21.0. The van der Waals surface area contributed by atoms with Gasteiger partial charge in [-0.3, -0.25) is 19.7 Å². The number of hydrogen-bond donors (Lipinski definition) is 0. The smallest absolute Gasteiger partial charge is 0.342 e. The van der Waals surface area contributed by atoms with Crippen molar-refractivity contribution >= 4 is 5.91 Å². The van der Waals surface area contributed by atoms with Crippen LogP contribution in [-0.4, -0.2) is 38.8 Å². The first-order chi connectivity index (χ1) is 14.9. The number of rotatable bonds is 4. The van der Waals surface area contributed by atoms with E-state index < -0.39 is 11.7 Å². The van der Waals surface area contributed by atoms with Gasteiger partial charge in [-0.15, -0.1) is 0 Å². The number of carbonyl (C=O) groups excluding carboxylic acids is 1. The van der Waals surface area contributed by atoms with Crippen molar-refractivity contribution in [3.8, 4) is 11.3 Å². The third-order valence-electron chi connectivity index (χ3n) is 5.41. The lowest BCUT2D eigenvalue weighted by atomic mass is 9.91. The maximum Gasteiger partial charge on any atom is 0.416 e. The van der Waals surface area contributed by atoms with Crippen LogP contribution in [0.15, 0.2) is 61.1 Å². The van der Waals surface area contributed by atoms with Crippen molar-refractivity contribution < 1.29 is 18.0 Å². The van der Waals surface area contributed by atoms with Gasteiger partial charge in [0.15, 0.2) is 0 Å². The average Bonchev–Trinajstić information content (AvgIpc) is 2.79. The van der Waals surface area contributed by atoms with Gasteiger partial charge in [-0.05, 0) is 37.1 Å². The summed E-state index contributed by atoms with van der Waals surface area (Å²) in [5.41, 5.74) is 1.40. The Kier molecular flexibility index (Phi) is 5.97. The van der Waals surface area contributed by atoms with Gasteiger partial charge in [0.1, 0.15) is 0 Å². The molecule has 3 aromatic rings. The largest absolute Gasteiger partial charge is 0.416 e. The van der Waals surface area contributed by atoms with Crippen LogP contribution in [0.1, 0.15) is 35.7 Å². The number of amides is 1. The Hall–Kier alpha value is -3.29. The summed E-state index contributed by atoms with van der Waals surface area (Å²) in [5.74, 6) is -0.118. The number of alkyl halides is 3. The van der Waals surface area contributed by atoms with Crippen molar-refractivity contribution in [3.63, 3.8) is 0 Å². The van der Waals surface area contributed by atoms with Gasteiger partial charge in [-0.1, -0.05) is 18.2 Å². The topological polar surface area (TPSA) is 59.0 Å². The van der Waals surface area contributed by atoms with E-state index in [1.165, 1.54) is 12.3 Å². The zero-order valence-corrected chi connectivity index (χ0v) is 16.7. The van der Waals surface area contributed by atoms with Crippen LogP contribution in [0.4, 0.5) is 13.2 Å². The molecular formula is C23H21F3N4O. The normalized spacial score (nSPS) is 16.9. The molecule has 0 bridgehead atoms. The minimum Gasteiger partial charge on any atom is -0.342 e. The van der Waals surface area contributed by atoms with Crippen LogP contribution in [-0.2, 0) is 17.4 Å². The molecule has 1 unspecified atom stereocenters. The van der Waals surface area contributed by atoms with E-state index in [4.69, 9.17) is 0 Å². The first-order valence-corrected chi connectivity index (χ1v) is 10.1. The Morgan fingerprint density at radius 2 is 1.87 bits per heavy atom. The lowest BCUT2D eigenvalue weighted by Crippen LogP contribution is -2.40. The second-order valence-electron chi connectivity index (χ2n) is 7.55. The number of aromatic nitrogens is 3. The maximum absolute atomic E-state index is 13.2. The number of carbonyl (C=O) groups is 1. The molecular weight excluding hydrogens is 405 g/mol. The second kappa shape index (κ2) is 8.83. The molecule has 8 heteroatoms. The number of piperidine rings is 1. The van der Waals surface area contributed by atoms with Gasteiger partial charge in [0.2, 0.25) is 5.91 Å². The molecule has 31 heavy (non-hydrogen) atoms. The Balaban J connectivity index is 1.57. The van der Waals surface area contributed by atoms with Gasteiger partial charge in [-0.2, -0.15) is 13.2 Å². The monoisotopic (exact) mass is 426 g/mol. The summed E-state index contributed by atoms with van der Waals surface area (Å²) < 4.78 is 39.5. The second-order valence-corrected chi connectivity index (χ2v) is 7.55. The zero-order valence-electron chi connectivity index (χ0n) is 16.7. The molecule has 1 fully saturated rings. The Morgan fingerprint density at radius 3 is 2.65 bits per heavy atom. The van der Waals surface area contributed by atoms with Crippen molar-refractivity contribution in [2.45, 2.75) is 31.4 Å². The van der Waals surface area contributed by atoms with Crippen molar-refractivity contribution in [2.24, 2.45) is 0 Å². The van der Waals surface area contributed by atoms with E-state index in [1.54, 1.807) is 29.4 Å². The van der Waals surface area contributed by atoms with Crippen LogP contribution in [0.3, 0.4) is 0 Å². The van der Waals surface area contributed by atoms with Gasteiger partial charge < -0.3 is 4.90 Å². The van der Waals surface area contributed by atoms with Crippen LogP contribution >= 0.6 is 0 Å². The van der Waals surface area contributed by atoms with E-state index in [2.05, 4.69) is 15.0 Å². The van der Waals surface area contributed by atoms with Crippen LogP contribution < -0.4 is 0 Å². The number of halogens is 3. The summed E-state index contributed by atoms with van der Waals surface area (Å²) >= 11 is 0. The van der Waals surface area contributed by atoms with Gasteiger partial charge in [-0.25, -0.2) is 0 Å². The highest BCUT2D eigenvalue weighted by Gasteiger charge is 2.32. The van der Waals surface area contributed by atoms with Crippen molar-refractivity contribution in [1.29, 1.82) is 0 Å². The summed E-state index contributed by atoms with van der Waals surface area (Å²) in [6.07, 6.45) is 2.04. The van der Waals surface area contributed by atoms with Gasteiger partial charge in [0.05, 0.1) is 23.4 Å². The minimum atomic E-state index is -4.43. The lowest BCUT2D eigenvalue weighted by Gasteiger charge is -2.33. The summed E-state index contributed by atoms with van der Waals surface area (Å²) in [7, 11) is 0. The summed E-state index contributed by atoms with van der Waals surface area (Å²) in [4.78, 5) is 27.6. The molecule has 0 N–H and O–H groups in total. The Morgan fingerprint density at radius 1 is 1.03 bits per heavy atom. The van der Waals surface area contributed by atoms with E-state index in [-0.39, 0.29) is 18.2 Å². The molecule has 0 aliphatic carbocycles. The number of hydrogen-bond acceptors (Lipinski definition) is 4. The summed E-state index contributed by atoms with van der Waals surface area (Å²) in [6.45, 7) is 1.09. The molecule has 1 atom stereocenters. The molecule has 1 aromatic carbocycles. The Bertz CT molecular complexity index is 1060. The van der Waals surface area contributed by atoms with E-state index in [0.29, 0.717) is 35.7 Å². The molecule has 2 aromatic heterocycles. The molecule has 160 valence electrons. The van der Waals surface area contributed by atoms with E-state index in [9.17, 15) is 18.0 Å². The van der Waals surface area contributed by atoms with Crippen LogP contribution in [0.2, 0.25) is 0 Å². The van der Waals surface area contributed by atoms with Gasteiger partial charge in [0.25, 0.3) is 0 Å². The highest BCUT2D eigenvalue weighted by atomic mass is 19.4. The lowest BCUT2D eigenvalue weighted by molar-refractivity contribution is -0.137. The van der Waals surface area contributed by atoms with Crippen LogP contribution in [0.25, 0.3) is 11.3 Å². The minimum absolute atomic E-state index is 0.0205. The highest BCUT2D eigenvalue weighted by molar-refractivity contribution is 5.78. The molecule has 4 rings (SSSR count). The van der Waals surface area contributed by atoms with Crippen molar-refractivity contribution in [1.82, 2.24) is 19.9 Å². The molecule has 0 saturated carbocycles. The van der Waals surface area contributed by atoms with Crippen LogP contribution in [0.5, 0.6) is 0 Å². The predicted octanol–water partition coefficient (Wildman–Crippen LogP) is 4.51. The molecule has 1 amide bonds. The van der Waals surface area contributed by atoms with E-state index in [0.717, 1.165) is 25.0 Å². The standard InChI is InChI=1S/C23H21F3N4O/c24-23(25,26)18-7-3-5-16(13-18)21-22(29-11-10-28-21)17-6-4-12-30(15-17)20(31)14-19-8-1-2-9-27-19/h1-3,5,7-11,13,17H,4,6,12,14-15H2. The third-order valence-corrected chi connectivity index (χ3v) is 5.41. The summed E-state index contributed by atoms with van der Waals surface area (Å²) in [6, 6.07) is 10.6. The number of benzene rings is 1. The molecule has 1 aliphatic rings. The molecule has 0 radical (unpaired) electrons. The number of nitrogens with zero attached hydrogens (tertiary/aromatic N) is 4. The molecule has 3 heterocycles. The predicted molar refractivity (Wildman–Crippen MR) is 109 cm³/mol. The first-order valence-electron chi connectivity index (χ1n) is 10.1. The molecule has 1 aliphatic heterocycles. The fraction of sp³-hybridized carbons (Fsp3) is 0.304. The SMILES string of the molecule is O=C(Cc1ccccn1)N1CCCC(c2nccnc2-c2cccc(C(F)(F)F)c2)C1. The van der Waals surface area contributed by atoms with Crippen LogP contribution in [0, 0.1) is 0 Å². The molecule has 5 nitrogen and oxygen atoms in total. The zero-order chi connectivity index (χ0) is 21.8. The molecule has 1 saturated heterocycles. The van der Waals surface area contributed by atoms with Gasteiger partial charge in [0, 0.05) is 48.9 Å². The number of likely N-dealkylation sites (tertiary alicyclic amines) is 1.